The van der Waals surface area contributed by atoms with Crippen molar-refractivity contribution in [3.8, 4) is 0 Å². The zero-order chi connectivity index (χ0) is 17.0. The minimum absolute atomic E-state index is 0.137. The van der Waals surface area contributed by atoms with Crippen LogP contribution in [0.5, 0.6) is 0 Å². The molecule has 1 amide bonds. The van der Waals surface area contributed by atoms with Crippen LogP contribution in [-0.4, -0.2) is 29.9 Å². The Bertz CT molecular complexity index is 536. The third-order valence-electron chi connectivity index (χ3n) is 5.08. The van der Waals surface area contributed by atoms with Gasteiger partial charge in [-0.2, -0.15) is 0 Å². The first kappa shape index (κ1) is 18.0. The molecule has 1 aliphatic heterocycles. The molecule has 23 heavy (non-hydrogen) atoms. The number of carbonyl (C=O) groups excluding carboxylic acids is 1. The Kier molecular flexibility index (Phi) is 6.23. The minimum atomic E-state index is -0.399. The lowest BCUT2D eigenvalue weighted by molar-refractivity contribution is -0.131. The lowest BCUT2D eigenvalue weighted by Gasteiger charge is -2.21. The van der Waals surface area contributed by atoms with E-state index in [1.807, 2.05) is 18.7 Å². The van der Waals surface area contributed by atoms with Gasteiger partial charge in [-0.3, -0.25) is 4.79 Å². The van der Waals surface area contributed by atoms with Gasteiger partial charge in [0.1, 0.15) is 0 Å². The number of amides is 1. The van der Waals surface area contributed by atoms with E-state index in [1.54, 1.807) is 0 Å². The Morgan fingerprint density at radius 1 is 1.22 bits per heavy atom. The van der Waals surface area contributed by atoms with Crippen molar-refractivity contribution in [2.75, 3.05) is 13.1 Å². The number of carbonyl (C=O) groups is 1. The summed E-state index contributed by atoms with van der Waals surface area (Å²) in [5.41, 5.74) is 9.86. The Morgan fingerprint density at radius 3 is 2.52 bits per heavy atom. The van der Waals surface area contributed by atoms with Crippen molar-refractivity contribution < 1.29 is 4.79 Å². The summed E-state index contributed by atoms with van der Waals surface area (Å²) >= 11 is 0. The molecule has 1 saturated heterocycles. The summed E-state index contributed by atoms with van der Waals surface area (Å²) in [5.74, 6) is 1.76. The first-order valence-corrected chi connectivity index (χ1v) is 9.15. The highest BCUT2D eigenvalue weighted by Gasteiger charge is 2.38. The molecule has 0 radical (unpaired) electrons. The molecule has 0 aromatic heterocycles. The van der Waals surface area contributed by atoms with Crippen LogP contribution in [0.25, 0.3) is 0 Å². The fourth-order valence-corrected chi connectivity index (χ4v) is 3.57. The molecule has 2 aliphatic rings. The van der Waals surface area contributed by atoms with Crippen LogP contribution in [0.3, 0.4) is 0 Å². The molecule has 1 heterocycles. The minimum Gasteiger partial charge on any atom is -0.341 e. The fraction of sp³-hybridized carbons (Fsp3) is 0.650. The van der Waals surface area contributed by atoms with Gasteiger partial charge < -0.3 is 10.6 Å². The van der Waals surface area contributed by atoms with Gasteiger partial charge in [-0.1, -0.05) is 37.6 Å². The summed E-state index contributed by atoms with van der Waals surface area (Å²) in [5, 5.41) is 0. The van der Waals surface area contributed by atoms with Gasteiger partial charge >= 0.3 is 0 Å². The monoisotopic (exact) mass is 316 g/mol. The number of likely N-dealkylation sites (tertiary alicyclic amines) is 1. The quantitative estimate of drug-likeness (QED) is 0.924. The SMILES string of the molecule is CC.Cc1ccc(CC(N)C(=O)N2CCC(C3CC3)C2)c(C)c1. The van der Waals surface area contributed by atoms with Crippen molar-refractivity contribution in [3.63, 3.8) is 0 Å². The zero-order valence-corrected chi connectivity index (χ0v) is 15.1. The van der Waals surface area contributed by atoms with Gasteiger partial charge in [-0.05, 0) is 62.5 Å². The van der Waals surface area contributed by atoms with Crippen molar-refractivity contribution in [3.05, 3.63) is 34.9 Å². The van der Waals surface area contributed by atoms with Crippen molar-refractivity contribution >= 4 is 5.91 Å². The van der Waals surface area contributed by atoms with Crippen LogP contribution in [0.2, 0.25) is 0 Å². The fourth-order valence-electron chi connectivity index (χ4n) is 3.57. The maximum Gasteiger partial charge on any atom is 0.239 e. The zero-order valence-electron chi connectivity index (χ0n) is 15.1. The van der Waals surface area contributed by atoms with Gasteiger partial charge in [-0.25, -0.2) is 0 Å². The van der Waals surface area contributed by atoms with Gasteiger partial charge in [0.15, 0.2) is 0 Å². The Labute approximate surface area is 141 Å². The van der Waals surface area contributed by atoms with E-state index in [-0.39, 0.29) is 5.91 Å². The number of hydrogen-bond donors (Lipinski definition) is 1. The van der Waals surface area contributed by atoms with Gasteiger partial charge in [0.2, 0.25) is 5.91 Å². The van der Waals surface area contributed by atoms with E-state index in [0.29, 0.717) is 6.42 Å². The van der Waals surface area contributed by atoms with E-state index in [9.17, 15) is 4.79 Å². The molecule has 2 atom stereocenters. The molecule has 2 N–H and O–H groups in total. The third kappa shape index (κ3) is 4.57. The van der Waals surface area contributed by atoms with Gasteiger partial charge in [0.05, 0.1) is 6.04 Å². The van der Waals surface area contributed by atoms with Crippen LogP contribution in [0.1, 0.15) is 49.8 Å². The normalized spacial score (nSPS) is 21.6. The molecule has 0 bridgehead atoms. The standard InChI is InChI=1S/C18H26N2O.C2H6/c1-12-3-4-15(13(2)9-12)10-17(19)18(21)20-8-7-16(11-20)14-5-6-14;1-2/h3-4,9,14,16-17H,5-8,10-11,19H2,1-2H3;1-2H3. The Balaban J connectivity index is 0.000000924. The first-order chi connectivity index (χ1) is 11.0. The van der Waals surface area contributed by atoms with Gasteiger partial charge in [0.25, 0.3) is 0 Å². The second-order valence-corrected chi connectivity index (χ2v) is 6.91. The van der Waals surface area contributed by atoms with Crippen molar-refractivity contribution in [1.29, 1.82) is 0 Å². The summed E-state index contributed by atoms with van der Waals surface area (Å²) in [6.45, 7) is 10.0. The second-order valence-electron chi connectivity index (χ2n) is 6.91. The number of benzene rings is 1. The molecule has 1 aromatic carbocycles. The van der Waals surface area contributed by atoms with Crippen LogP contribution in [0.4, 0.5) is 0 Å². The lowest BCUT2D eigenvalue weighted by atomic mass is 9.99. The van der Waals surface area contributed by atoms with Crippen molar-refractivity contribution in [2.24, 2.45) is 17.6 Å². The Hall–Kier alpha value is -1.35. The highest BCUT2D eigenvalue weighted by molar-refractivity contribution is 5.82. The molecule has 1 saturated carbocycles. The second kappa shape index (κ2) is 7.96. The largest absolute Gasteiger partial charge is 0.341 e. The highest BCUT2D eigenvalue weighted by Crippen LogP contribution is 2.41. The van der Waals surface area contributed by atoms with E-state index in [4.69, 9.17) is 5.73 Å². The van der Waals surface area contributed by atoms with Gasteiger partial charge in [-0.15, -0.1) is 0 Å². The van der Waals surface area contributed by atoms with E-state index in [2.05, 4.69) is 32.0 Å². The summed E-state index contributed by atoms with van der Waals surface area (Å²) in [7, 11) is 0. The Morgan fingerprint density at radius 2 is 1.91 bits per heavy atom. The maximum atomic E-state index is 12.5. The lowest BCUT2D eigenvalue weighted by Crippen LogP contribution is -2.44. The molecular weight excluding hydrogens is 284 g/mol. The molecule has 2 unspecified atom stereocenters. The number of rotatable bonds is 4. The summed E-state index contributed by atoms with van der Waals surface area (Å²) in [6.07, 6.45) is 4.55. The van der Waals surface area contributed by atoms with Crippen molar-refractivity contribution in [2.45, 2.75) is 59.4 Å². The molecule has 3 rings (SSSR count). The van der Waals surface area contributed by atoms with E-state index < -0.39 is 6.04 Å². The molecule has 3 heteroatoms. The average Bonchev–Trinajstić information content (AvgIpc) is 3.28. The molecule has 2 fully saturated rings. The topological polar surface area (TPSA) is 46.3 Å². The predicted molar refractivity (Wildman–Crippen MR) is 96.4 cm³/mol. The highest BCUT2D eigenvalue weighted by atomic mass is 16.2. The summed E-state index contributed by atoms with van der Waals surface area (Å²) < 4.78 is 0. The van der Waals surface area contributed by atoms with Gasteiger partial charge in [0, 0.05) is 13.1 Å². The van der Waals surface area contributed by atoms with Crippen molar-refractivity contribution in [1.82, 2.24) is 4.90 Å². The molecule has 3 nitrogen and oxygen atoms in total. The average molecular weight is 316 g/mol. The van der Waals surface area contributed by atoms with Crippen LogP contribution in [0, 0.1) is 25.7 Å². The number of hydrogen-bond acceptors (Lipinski definition) is 2. The molecule has 128 valence electrons. The number of aryl methyl sites for hydroxylation is 2. The molecule has 1 aromatic rings. The third-order valence-corrected chi connectivity index (χ3v) is 5.08. The van der Waals surface area contributed by atoms with Crippen LogP contribution >= 0.6 is 0 Å². The molecular formula is C20H32N2O. The van der Waals surface area contributed by atoms with Crippen LogP contribution in [-0.2, 0) is 11.2 Å². The molecule has 1 aliphatic carbocycles. The van der Waals surface area contributed by atoms with E-state index in [1.165, 1.54) is 36.0 Å². The van der Waals surface area contributed by atoms with Crippen LogP contribution < -0.4 is 5.73 Å². The number of nitrogens with two attached hydrogens (primary N) is 1. The maximum absolute atomic E-state index is 12.5. The van der Waals surface area contributed by atoms with E-state index in [0.717, 1.165) is 24.9 Å². The number of nitrogens with zero attached hydrogens (tertiary/aromatic N) is 1. The first-order valence-electron chi connectivity index (χ1n) is 9.15. The van der Waals surface area contributed by atoms with E-state index >= 15 is 0 Å². The van der Waals surface area contributed by atoms with Crippen LogP contribution in [0.15, 0.2) is 18.2 Å². The summed E-state index contributed by atoms with van der Waals surface area (Å²) in [6, 6.07) is 5.96. The summed E-state index contributed by atoms with van der Waals surface area (Å²) in [4.78, 5) is 14.5. The molecule has 0 spiro atoms. The smallest absolute Gasteiger partial charge is 0.239 e. The predicted octanol–water partition coefficient (Wildman–Crippen LogP) is 3.46.